The highest BCUT2D eigenvalue weighted by molar-refractivity contribution is 5.16. The molecule has 1 atom stereocenters. The van der Waals surface area contributed by atoms with Crippen LogP contribution in [-0.2, 0) is 12.6 Å². The van der Waals surface area contributed by atoms with Gasteiger partial charge in [-0.25, -0.2) is 0 Å². The van der Waals surface area contributed by atoms with Gasteiger partial charge in [-0.05, 0) is 31.4 Å². The second-order valence-electron chi connectivity index (χ2n) is 3.57. The van der Waals surface area contributed by atoms with Crippen LogP contribution >= 0.6 is 0 Å². The monoisotopic (exact) mass is 218 g/mol. The molecule has 1 unspecified atom stereocenters. The molecule has 84 valence electrons. The molecule has 1 aromatic heterocycles. The summed E-state index contributed by atoms with van der Waals surface area (Å²) in [6.07, 6.45) is -1.71. The summed E-state index contributed by atoms with van der Waals surface area (Å²) in [6, 6.07) is 2.49. The molecule has 0 radical (unpaired) electrons. The van der Waals surface area contributed by atoms with Gasteiger partial charge in [0.15, 0.2) is 0 Å². The van der Waals surface area contributed by atoms with E-state index >= 15 is 0 Å². The van der Waals surface area contributed by atoms with Crippen LogP contribution in [0.15, 0.2) is 18.3 Å². The van der Waals surface area contributed by atoms with Crippen molar-refractivity contribution in [2.75, 3.05) is 0 Å². The first-order valence-electron chi connectivity index (χ1n) is 4.67. The zero-order chi connectivity index (χ0) is 11.5. The fourth-order valence-electron chi connectivity index (χ4n) is 1.13. The first-order chi connectivity index (χ1) is 6.89. The number of aromatic nitrogens is 1. The molecule has 0 amide bonds. The average molecular weight is 218 g/mol. The smallest absolute Gasteiger partial charge is 0.328 e. The van der Waals surface area contributed by atoms with Crippen LogP contribution in [0.3, 0.4) is 0 Å². The van der Waals surface area contributed by atoms with Gasteiger partial charge in [-0.1, -0.05) is 6.07 Å². The van der Waals surface area contributed by atoms with E-state index in [0.29, 0.717) is 6.42 Å². The predicted molar refractivity (Wildman–Crippen MR) is 51.2 cm³/mol. The average Bonchev–Trinajstić information content (AvgIpc) is 2.14. The third kappa shape index (κ3) is 3.87. The Morgan fingerprint density at radius 1 is 1.40 bits per heavy atom. The van der Waals surface area contributed by atoms with Crippen LogP contribution in [0, 0.1) is 0 Å². The van der Waals surface area contributed by atoms with Crippen LogP contribution in [0.2, 0.25) is 0 Å². The maximum absolute atomic E-state index is 12.2. The lowest BCUT2D eigenvalue weighted by atomic mass is 10.1. The number of hydrogen-bond acceptors (Lipinski definition) is 2. The first kappa shape index (κ1) is 12.0. The fourth-order valence-corrected chi connectivity index (χ4v) is 1.13. The number of nitrogens with zero attached hydrogens (tertiary/aromatic N) is 1. The molecule has 2 N–H and O–H groups in total. The van der Waals surface area contributed by atoms with Crippen LogP contribution in [0.4, 0.5) is 13.2 Å². The zero-order valence-electron chi connectivity index (χ0n) is 8.38. The summed E-state index contributed by atoms with van der Waals surface area (Å²) in [4.78, 5) is 3.36. The molecule has 0 aliphatic carbocycles. The summed E-state index contributed by atoms with van der Waals surface area (Å²) >= 11 is 0. The Morgan fingerprint density at radius 2 is 2.07 bits per heavy atom. The number of pyridine rings is 1. The van der Waals surface area contributed by atoms with Crippen molar-refractivity contribution < 1.29 is 13.2 Å². The molecular formula is C10H13F3N2. The molecular weight excluding hydrogens is 205 g/mol. The number of alkyl halides is 3. The van der Waals surface area contributed by atoms with Crippen LogP contribution in [0.1, 0.15) is 24.6 Å². The second-order valence-corrected chi connectivity index (χ2v) is 3.57. The fraction of sp³-hybridized carbons (Fsp3) is 0.500. The number of aryl methyl sites for hydroxylation is 1. The standard InChI is InChI=1S/C10H13F3N2/c1-7(14)2-3-8-4-5-9(15-6-8)10(11,12)13/h4-7H,2-3,14H2,1H3. The van der Waals surface area contributed by atoms with Crippen molar-refractivity contribution in [1.29, 1.82) is 0 Å². The van der Waals surface area contributed by atoms with E-state index in [1.807, 2.05) is 6.92 Å². The van der Waals surface area contributed by atoms with Crippen LogP contribution in [-0.4, -0.2) is 11.0 Å². The van der Waals surface area contributed by atoms with Gasteiger partial charge < -0.3 is 5.73 Å². The molecule has 0 aromatic carbocycles. The molecule has 0 fully saturated rings. The lowest BCUT2D eigenvalue weighted by Gasteiger charge is -2.07. The van der Waals surface area contributed by atoms with Crippen molar-refractivity contribution >= 4 is 0 Å². The van der Waals surface area contributed by atoms with Gasteiger partial charge in [0, 0.05) is 12.2 Å². The van der Waals surface area contributed by atoms with Crippen molar-refractivity contribution in [2.24, 2.45) is 5.73 Å². The van der Waals surface area contributed by atoms with Gasteiger partial charge in [-0.15, -0.1) is 0 Å². The Kier molecular flexibility index (Phi) is 3.68. The number of rotatable bonds is 3. The van der Waals surface area contributed by atoms with Crippen LogP contribution in [0.25, 0.3) is 0 Å². The zero-order valence-corrected chi connectivity index (χ0v) is 8.38. The Morgan fingerprint density at radius 3 is 2.47 bits per heavy atom. The Bertz CT molecular complexity index is 303. The Hall–Kier alpha value is -1.10. The highest BCUT2D eigenvalue weighted by Crippen LogP contribution is 2.27. The molecule has 0 aliphatic rings. The van der Waals surface area contributed by atoms with Crippen molar-refractivity contribution in [1.82, 2.24) is 4.98 Å². The molecule has 1 aromatic rings. The summed E-state index contributed by atoms with van der Waals surface area (Å²) < 4.78 is 36.5. The molecule has 15 heavy (non-hydrogen) atoms. The maximum Gasteiger partial charge on any atom is 0.433 e. The molecule has 0 saturated carbocycles. The summed E-state index contributed by atoms with van der Waals surface area (Å²) in [5, 5.41) is 0. The van der Waals surface area contributed by atoms with Crippen molar-refractivity contribution in [2.45, 2.75) is 32.0 Å². The van der Waals surface area contributed by atoms with Crippen LogP contribution in [0.5, 0.6) is 0 Å². The largest absolute Gasteiger partial charge is 0.433 e. The Labute approximate surface area is 86.3 Å². The first-order valence-corrected chi connectivity index (χ1v) is 4.67. The van der Waals surface area contributed by atoms with E-state index in [4.69, 9.17) is 5.73 Å². The SMILES string of the molecule is CC(N)CCc1ccc(C(F)(F)F)nc1. The summed E-state index contributed by atoms with van der Waals surface area (Å²) in [7, 11) is 0. The molecule has 2 nitrogen and oxygen atoms in total. The van der Waals surface area contributed by atoms with E-state index in [0.717, 1.165) is 18.1 Å². The molecule has 1 rings (SSSR count). The van der Waals surface area contributed by atoms with E-state index < -0.39 is 11.9 Å². The quantitative estimate of drug-likeness (QED) is 0.845. The lowest BCUT2D eigenvalue weighted by molar-refractivity contribution is -0.141. The van der Waals surface area contributed by atoms with Crippen molar-refractivity contribution in [3.05, 3.63) is 29.6 Å². The van der Waals surface area contributed by atoms with E-state index in [-0.39, 0.29) is 6.04 Å². The molecule has 0 saturated heterocycles. The summed E-state index contributed by atoms with van der Waals surface area (Å²) in [5.41, 5.74) is 5.46. The van der Waals surface area contributed by atoms with Gasteiger partial charge in [0.25, 0.3) is 0 Å². The van der Waals surface area contributed by atoms with Gasteiger partial charge in [-0.2, -0.15) is 13.2 Å². The van der Waals surface area contributed by atoms with Crippen LogP contribution < -0.4 is 5.73 Å². The van der Waals surface area contributed by atoms with Gasteiger partial charge in [-0.3, -0.25) is 4.98 Å². The van der Waals surface area contributed by atoms with E-state index in [1.165, 1.54) is 12.3 Å². The topological polar surface area (TPSA) is 38.9 Å². The van der Waals surface area contributed by atoms with E-state index in [1.54, 1.807) is 0 Å². The van der Waals surface area contributed by atoms with Gasteiger partial charge in [0.2, 0.25) is 0 Å². The van der Waals surface area contributed by atoms with Gasteiger partial charge >= 0.3 is 6.18 Å². The highest BCUT2D eigenvalue weighted by atomic mass is 19.4. The second kappa shape index (κ2) is 4.61. The van der Waals surface area contributed by atoms with Gasteiger partial charge in [0.05, 0.1) is 0 Å². The number of nitrogens with two attached hydrogens (primary N) is 1. The van der Waals surface area contributed by atoms with E-state index in [9.17, 15) is 13.2 Å². The van der Waals surface area contributed by atoms with E-state index in [2.05, 4.69) is 4.98 Å². The minimum atomic E-state index is -4.36. The maximum atomic E-state index is 12.2. The predicted octanol–water partition coefficient (Wildman–Crippen LogP) is 2.38. The molecule has 1 heterocycles. The highest BCUT2D eigenvalue weighted by Gasteiger charge is 2.31. The minimum Gasteiger partial charge on any atom is -0.328 e. The number of halogens is 3. The third-order valence-corrected chi connectivity index (χ3v) is 2.00. The molecule has 5 heteroatoms. The molecule has 0 aliphatic heterocycles. The number of hydrogen-bond donors (Lipinski definition) is 1. The summed E-state index contributed by atoms with van der Waals surface area (Å²) in [5.74, 6) is 0. The minimum absolute atomic E-state index is 0.0484. The summed E-state index contributed by atoms with van der Waals surface area (Å²) in [6.45, 7) is 1.86. The molecule has 0 bridgehead atoms. The lowest BCUT2D eigenvalue weighted by Crippen LogP contribution is -2.15. The Balaban J connectivity index is 2.65. The molecule has 0 spiro atoms. The normalized spacial score (nSPS) is 13.9. The van der Waals surface area contributed by atoms with Crippen molar-refractivity contribution in [3.8, 4) is 0 Å². The third-order valence-electron chi connectivity index (χ3n) is 2.00. The van der Waals surface area contributed by atoms with Gasteiger partial charge in [0.1, 0.15) is 5.69 Å². The van der Waals surface area contributed by atoms with Crippen molar-refractivity contribution in [3.63, 3.8) is 0 Å².